The predicted octanol–water partition coefficient (Wildman–Crippen LogP) is 3.61. The molecule has 0 atom stereocenters. The smallest absolute Gasteiger partial charge is 0.0708 e. The molecule has 0 fully saturated rings. The fourth-order valence-electron chi connectivity index (χ4n) is 2.98. The van der Waals surface area contributed by atoms with E-state index in [1.165, 1.54) is 41.5 Å². The first-order valence-corrected chi connectivity index (χ1v) is 7.38. The standard InChI is InChI=1S/C17H22N2/c1-12(2)18-11-15-13-7-3-5-9-16(13)19-17-10-6-4-8-14(15)17/h3,5,7,9,12,18H,4,6,8,10-11H2,1-2H3. The van der Waals surface area contributed by atoms with Crippen molar-refractivity contribution in [3.63, 3.8) is 0 Å². The highest BCUT2D eigenvalue weighted by atomic mass is 14.9. The second-order valence-corrected chi connectivity index (χ2v) is 5.78. The van der Waals surface area contributed by atoms with Gasteiger partial charge in [0.05, 0.1) is 5.52 Å². The van der Waals surface area contributed by atoms with Crippen LogP contribution in [0.3, 0.4) is 0 Å². The SMILES string of the molecule is CC(C)NCc1c2c(nc3ccccc13)CCCC2. The summed E-state index contributed by atoms with van der Waals surface area (Å²) in [7, 11) is 0. The zero-order chi connectivity index (χ0) is 13.2. The number of nitrogens with one attached hydrogen (secondary N) is 1. The Morgan fingerprint density at radius 3 is 2.79 bits per heavy atom. The Kier molecular flexibility index (Phi) is 3.52. The normalized spacial score (nSPS) is 14.9. The van der Waals surface area contributed by atoms with E-state index in [-0.39, 0.29) is 0 Å². The number of benzene rings is 1. The molecule has 1 aromatic heterocycles. The van der Waals surface area contributed by atoms with Crippen LogP contribution in [0.2, 0.25) is 0 Å². The average molecular weight is 254 g/mol. The molecule has 2 aromatic rings. The molecule has 0 aliphatic heterocycles. The fourth-order valence-corrected chi connectivity index (χ4v) is 2.98. The van der Waals surface area contributed by atoms with Crippen molar-refractivity contribution in [1.82, 2.24) is 10.3 Å². The highest BCUT2D eigenvalue weighted by Gasteiger charge is 2.17. The van der Waals surface area contributed by atoms with Crippen molar-refractivity contribution in [2.45, 2.75) is 52.1 Å². The number of hydrogen-bond donors (Lipinski definition) is 1. The van der Waals surface area contributed by atoms with Crippen LogP contribution in [0.1, 0.15) is 43.5 Å². The van der Waals surface area contributed by atoms with Gasteiger partial charge in [-0.1, -0.05) is 32.0 Å². The average Bonchev–Trinajstić information content (AvgIpc) is 2.43. The monoisotopic (exact) mass is 254 g/mol. The van der Waals surface area contributed by atoms with Crippen molar-refractivity contribution in [3.8, 4) is 0 Å². The Hall–Kier alpha value is -1.41. The zero-order valence-corrected chi connectivity index (χ0v) is 11.9. The summed E-state index contributed by atoms with van der Waals surface area (Å²) in [6.07, 6.45) is 4.94. The van der Waals surface area contributed by atoms with E-state index in [0.717, 1.165) is 18.5 Å². The number of aryl methyl sites for hydroxylation is 1. The Morgan fingerprint density at radius 1 is 1.16 bits per heavy atom. The molecule has 0 saturated heterocycles. The second-order valence-electron chi connectivity index (χ2n) is 5.78. The Bertz CT molecular complexity index is 587. The molecule has 0 amide bonds. The van der Waals surface area contributed by atoms with Crippen molar-refractivity contribution >= 4 is 10.9 Å². The largest absolute Gasteiger partial charge is 0.310 e. The van der Waals surface area contributed by atoms with E-state index in [0.29, 0.717) is 6.04 Å². The Morgan fingerprint density at radius 2 is 1.95 bits per heavy atom. The summed E-state index contributed by atoms with van der Waals surface area (Å²) in [6.45, 7) is 5.37. The van der Waals surface area contributed by atoms with Gasteiger partial charge in [-0.25, -0.2) is 0 Å². The van der Waals surface area contributed by atoms with E-state index in [1.54, 1.807) is 0 Å². The van der Waals surface area contributed by atoms with Gasteiger partial charge in [-0.15, -0.1) is 0 Å². The summed E-state index contributed by atoms with van der Waals surface area (Å²) in [6, 6.07) is 9.09. The molecular weight excluding hydrogens is 232 g/mol. The van der Waals surface area contributed by atoms with Crippen LogP contribution in [-0.4, -0.2) is 11.0 Å². The second kappa shape index (κ2) is 5.30. The molecule has 2 heteroatoms. The summed E-state index contributed by atoms with van der Waals surface area (Å²) in [5.41, 5.74) is 5.49. The molecule has 0 spiro atoms. The van der Waals surface area contributed by atoms with Crippen LogP contribution in [0, 0.1) is 0 Å². The van der Waals surface area contributed by atoms with E-state index < -0.39 is 0 Å². The number of hydrogen-bond acceptors (Lipinski definition) is 2. The van der Waals surface area contributed by atoms with Crippen LogP contribution in [0.25, 0.3) is 10.9 Å². The predicted molar refractivity (Wildman–Crippen MR) is 80.4 cm³/mol. The van der Waals surface area contributed by atoms with Crippen molar-refractivity contribution in [3.05, 3.63) is 41.1 Å². The third kappa shape index (κ3) is 2.50. The summed E-state index contributed by atoms with van der Waals surface area (Å²) >= 11 is 0. The number of fused-ring (bicyclic) bond motifs is 2. The van der Waals surface area contributed by atoms with Gasteiger partial charge < -0.3 is 5.32 Å². The fraction of sp³-hybridized carbons (Fsp3) is 0.471. The third-order valence-electron chi connectivity index (χ3n) is 3.97. The number of nitrogens with zero attached hydrogens (tertiary/aromatic N) is 1. The van der Waals surface area contributed by atoms with Crippen molar-refractivity contribution in [2.75, 3.05) is 0 Å². The van der Waals surface area contributed by atoms with Gasteiger partial charge in [0.1, 0.15) is 0 Å². The van der Waals surface area contributed by atoms with E-state index in [2.05, 4.69) is 43.4 Å². The molecule has 0 bridgehead atoms. The third-order valence-corrected chi connectivity index (χ3v) is 3.97. The molecule has 0 radical (unpaired) electrons. The number of aromatic nitrogens is 1. The molecule has 3 rings (SSSR count). The highest BCUT2D eigenvalue weighted by Crippen LogP contribution is 2.29. The molecule has 1 aromatic carbocycles. The summed E-state index contributed by atoms with van der Waals surface area (Å²) < 4.78 is 0. The number of para-hydroxylation sites is 1. The topological polar surface area (TPSA) is 24.9 Å². The van der Waals surface area contributed by atoms with E-state index >= 15 is 0 Å². The number of rotatable bonds is 3. The van der Waals surface area contributed by atoms with Crippen LogP contribution in [0.4, 0.5) is 0 Å². The lowest BCUT2D eigenvalue weighted by Crippen LogP contribution is -2.24. The van der Waals surface area contributed by atoms with Crippen molar-refractivity contribution in [1.29, 1.82) is 0 Å². The maximum absolute atomic E-state index is 4.88. The van der Waals surface area contributed by atoms with Gasteiger partial charge in [0.15, 0.2) is 0 Å². The van der Waals surface area contributed by atoms with Gasteiger partial charge in [-0.2, -0.15) is 0 Å². The maximum Gasteiger partial charge on any atom is 0.0708 e. The van der Waals surface area contributed by atoms with Crippen LogP contribution < -0.4 is 5.32 Å². The molecule has 1 heterocycles. The van der Waals surface area contributed by atoms with Gasteiger partial charge in [-0.3, -0.25) is 4.98 Å². The van der Waals surface area contributed by atoms with E-state index in [1.807, 2.05) is 0 Å². The molecule has 100 valence electrons. The summed E-state index contributed by atoms with van der Waals surface area (Å²) in [4.78, 5) is 4.88. The zero-order valence-electron chi connectivity index (χ0n) is 11.9. The van der Waals surface area contributed by atoms with Gasteiger partial charge >= 0.3 is 0 Å². The molecule has 0 unspecified atom stereocenters. The molecule has 19 heavy (non-hydrogen) atoms. The van der Waals surface area contributed by atoms with Gasteiger partial charge in [-0.05, 0) is 42.9 Å². The highest BCUT2D eigenvalue weighted by molar-refractivity contribution is 5.83. The van der Waals surface area contributed by atoms with Gasteiger partial charge in [0.25, 0.3) is 0 Å². The minimum Gasteiger partial charge on any atom is -0.310 e. The molecule has 0 saturated carbocycles. The van der Waals surface area contributed by atoms with Gasteiger partial charge in [0, 0.05) is 23.7 Å². The summed E-state index contributed by atoms with van der Waals surface area (Å²) in [5.74, 6) is 0. The lowest BCUT2D eigenvalue weighted by molar-refractivity contribution is 0.581. The minimum absolute atomic E-state index is 0.520. The Labute approximate surface area is 115 Å². The van der Waals surface area contributed by atoms with Crippen LogP contribution in [0.15, 0.2) is 24.3 Å². The van der Waals surface area contributed by atoms with Crippen LogP contribution >= 0.6 is 0 Å². The molecule has 1 aliphatic carbocycles. The lowest BCUT2D eigenvalue weighted by atomic mass is 9.89. The molecule has 2 nitrogen and oxygen atoms in total. The van der Waals surface area contributed by atoms with Crippen LogP contribution in [-0.2, 0) is 19.4 Å². The maximum atomic E-state index is 4.88. The molecule has 1 aliphatic rings. The van der Waals surface area contributed by atoms with Gasteiger partial charge in [0.2, 0.25) is 0 Å². The van der Waals surface area contributed by atoms with Crippen molar-refractivity contribution in [2.24, 2.45) is 0 Å². The Balaban J connectivity index is 2.13. The van der Waals surface area contributed by atoms with E-state index in [4.69, 9.17) is 4.98 Å². The first-order chi connectivity index (χ1) is 9.25. The van der Waals surface area contributed by atoms with Crippen LogP contribution in [0.5, 0.6) is 0 Å². The van der Waals surface area contributed by atoms with E-state index in [9.17, 15) is 0 Å². The first-order valence-electron chi connectivity index (χ1n) is 7.38. The molecular formula is C17H22N2. The quantitative estimate of drug-likeness (QED) is 0.905. The van der Waals surface area contributed by atoms with Crippen molar-refractivity contribution < 1.29 is 0 Å². The number of pyridine rings is 1. The summed E-state index contributed by atoms with van der Waals surface area (Å²) in [5, 5.41) is 4.91. The first kappa shape index (κ1) is 12.6. The lowest BCUT2D eigenvalue weighted by Gasteiger charge is -2.21. The molecule has 1 N–H and O–H groups in total. The minimum atomic E-state index is 0.520.